The van der Waals surface area contributed by atoms with Gasteiger partial charge in [-0.05, 0) is 0 Å². The van der Waals surface area contributed by atoms with Crippen LogP contribution in [0.15, 0.2) is 20.4 Å². The molecule has 4 atom stereocenters. The van der Waals surface area contributed by atoms with Gasteiger partial charge in [0.25, 0.3) is 0 Å². The third-order valence-electron chi connectivity index (χ3n) is 2.20. The van der Waals surface area contributed by atoms with E-state index in [2.05, 4.69) is 20.4 Å². The summed E-state index contributed by atoms with van der Waals surface area (Å²) in [5.41, 5.74) is 19.8. The van der Waals surface area contributed by atoms with Crippen molar-refractivity contribution in [2.75, 3.05) is 6.61 Å². The van der Waals surface area contributed by atoms with Crippen molar-refractivity contribution in [3.05, 3.63) is 0 Å². The summed E-state index contributed by atoms with van der Waals surface area (Å²) < 4.78 is 0. The Morgan fingerprint density at radius 2 is 1.41 bits per heavy atom. The monoisotopic (exact) mass is 320 g/mol. The highest BCUT2D eigenvalue weighted by molar-refractivity contribution is 6.32. The maximum atomic E-state index is 9.88. The average Bonchev–Trinajstić information content (AvgIpc) is 2.46. The van der Waals surface area contributed by atoms with Crippen molar-refractivity contribution in [3.63, 3.8) is 0 Å². The van der Waals surface area contributed by atoms with Crippen molar-refractivity contribution >= 4 is 23.8 Å². The van der Waals surface area contributed by atoms with Crippen molar-refractivity contribution in [3.8, 4) is 0 Å². The van der Waals surface area contributed by atoms with E-state index in [1.54, 1.807) is 0 Å². The Bertz CT molecular complexity index is 457. The Morgan fingerprint density at radius 1 is 0.864 bits per heavy atom. The van der Waals surface area contributed by atoms with E-state index < -0.39 is 42.7 Å². The maximum absolute atomic E-state index is 9.88. The molecule has 13 nitrogen and oxygen atoms in total. The SMILES string of the molecule is NC(N)=NN=CC(=NN=C(N)N)[C@H](O)[C@@H](O)[C@@H](O)[C@H](O)CO. The van der Waals surface area contributed by atoms with Crippen LogP contribution < -0.4 is 22.9 Å². The lowest BCUT2D eigenvalue weighted by molar-refractivity contribution is -0.100. The van der Waals surface area contributed by atoms with Crippen molar-refractivity contribution in [2.24, 2.45) is 43.3 Å². The second-order valence-electron chi connectivity index (χ2n) is 4.00. The van der Waals surface area contributed by atoms with Gasteiger partial charge in [-0.3, -0.25) is 0 Å². The highest BCUT2D eigenvalue weighted by atomic mass is 16.4. The smallest absolute Gasteiger partial charge is 0.211 e. The number of hydrogen-bond donors (Lipinski definition) is 9. The molecule has 0 spiro atoms. The maximum Gasteiger partial charge on any atom is 0.211 e. The van der Waals surface area contributed by atoms with Crippen LogP contribution in [0.2, 0.25) is 0 Å². The summed E-state index contributed by atoms with van der Waals surface area (Å²) >= 11 is 0. The van der Waals surface area contributed by atoms with Crippen LogP contribution >= 0.6 is 0 Å². The van der Waals surface area contributed by atoms with E-state index in [1.165, 1.54) is 0 Å². The largest absolute Gasteiger partial charge is 0.394 e. The first-order chi connectivity index (χ1) is 10.2. The van der Waals surface area contributed by atoms with Gasteiger partial charge in [0.05, 0.1) is 12.8 Å². The second kappa shape index (κ2) is 9.59. The van der Waals surface area contributed by atoms with E-state index in [9.17, 15) is 20.4 Å². The summed E-state index contributed by atoms with van der Waals surface area (Å²) in [7, 11) is 0. The summed E-state index contributed by atoms with van der Waals surface area (Å²) in [6, 6.07) is 0. The van der Waals surface area contributed by atoms with E-state index >= 15 is 0 Å². The zero-order valence-electron chi connectivity index (χ0n) is 11.4. The summed E-state index contributed by atoms with van der Waals surface area (Å²) in [4.78, 5) is 0. The fraction of sp³-hybridized carbons (Fsp3) is 0.556. The van der Waals surface area contributed by atoms with Crippen LogP contribution in [0.5, 0.6) is 0 Å². The molecule has 0 fully saturated rings. The van der Waals surface area contributed by atoms with Gasteiger partial charge in [0.15, 0.2) is 0 Å². The standard InChI is InChI=1S/C9H20N8O5/c10-8(11)16-14-1-3(15-17-9(12)13)5(20)7(22)6(21)4(19)2-18/h1,4-7,18-22H,2H2,(H4,10,11,16)(H4,12,13,17)/t4-,5+,6+,7-/m1/s1. The van der Waals surface area contributed by atoms with Crippen LogP contribution in [0.3, 0.4) is 0 Å². The molecule has 0 aromatic rings. The molecule has 0 aliphatic rings. The predicted molar refractivity (Wildman–Crippen MR) is 78.7 cm³/mol. The quantitative estimate of drug-likeness (QED) is 0.117. The van der Waals surface area contributed by atoms with Gasteiger partial charge in [0.2, 0.25) is 11.9 Å². The number of nitrogens with two attached hydrogens (primary N) is 4. The number of rotatable bonds is 8. The predicted octanol–water partition coefficient (Wildman–Crippen LogP) is -5.69. The minimum absolute atomic E-state index is 0.386. The van der Waals surface area contributed by atoms with Crippen molar-refractivity contribution in [1.82, 2.24) is 0 Å². The molecule has 0 heterocycles. The number of nitrogens with zero attached hydrogens (tertiary/aromatic N) is 4. The summed E-state index contributed by atoms with van der Waals surface area (Å²) in [5, 5.41) is 60.3. The minimum Gasteiger partial charge on any atom is -0.394 e. The van der Waals surface area contributed by atoms with Crippen molar-refractivity contribution < 1.29 is 25.5 Å². The van der Waals surface area contributed by atoms with Crippen molar-refractivity contribution in [2.45, 2.75) is 24.4 Å². The third-order valence-corrected chi connectivity index (χ3v) is 2.20. The number of guanidine groups is 2. The van der Waals surface area contributed by atoms with Gasteiger partial charge < -0.3 is 48.5 Å². The van der Waals surface area contributed by atoms with Gasteiger partial charge in [0.1, 0.15) is 30.1 Å². The molecule has 0 amide bonds. The lowest BCUT2D eigenvalue weighted by Gasteiger charge is -2.25. The molecule has 13 N–H and O–H groups in total. The molecule has 0 radical (unpaired) electrons. The molecule has 0 aliphatic carbocycles. The molecule has 22 heavy (non-hydrogen) atoms. The molecular formula is C9H20N8O5. The fourth-order valence-corrected chi connectivity index (χ4v) is 1.13. The molecule has 0 saturated carbocycles. The van der Waals surface area contributed by atoms with E-state index in [0.29, 0.717) is 0 Å². The van der Waals surface area contributed by atoms with Gasteiger partial charge >= 0.3 is 0 Å². The Kier molecular flexibility index (Phi) is 8.58. The molecule has 0 saturated heterocycles. The second-order valence-corrected chi connectivity index (χ2v) is 4.00. The van der Waals surface area contributed by atoms with Crippen LogP contribution in [0.4, 0.5) is 0 Å². The summed E-state index contributed by atoms with van der Waals surface area (Å²) in [6.07, 6.45) is -6.54. The highest BCUT2D eigenvalue weighted by Gasteiger charge is 2.32. The first kappa shape index (κ1) is 19.7. The molecule has 126 valence electrons. The molecule has 0 aromatic heterocycles. The molecule has 0 rings (SSSR count). The van der Waals surface area contributed by atoms with Crippen LogP contribution in [0.1, 0.15) is 0 Å². The van der Waals surface area contributed by atoms with Gasteiger partial charge in [0, 0.05) is 0 Å². The van der Waals surface area contributed by atoms with Gasteiger partial charge in [-0.1, -0.05) is 0 Å². The molecule has 0 aliphatic heterocycles. The topological polar surface area (TPSA) is 255 Å². The normalized spacial score (nSPS) is 17.6. The number of aliphatic hydroxyl groups is 5. The first-order valence-corrected chi connectivity index (χ1v) is 5.82. The molecular weight excluding hydrogens is 300 g/mol. The molecule has 0 aromatic carbocycles. The highest BCUT2D eigenvalue weighted by Crippen LogP contribution is 2.06. The van der Waals surface area contributed by atoms with Crippen LogP contribution in [0, 0.1) is 0 Å². The average molecular weight is 320 g/mol. The first-order valence-electron chi connectivity index (χ1n) is 5.82. The third kappa shape index (κ3) is 6.91. The minimum atomic E-state index is -1.93. The molecule has 0 bridgehead atoms. The zero-order chi connectivity index (χ0) is 17.3. The number of aliphatic hydroxyl groups excluding tert-OH is 5. The number of hydrogen-bond acceptors (Lipinski definition) is 9. The van der Waals surface area contributed by atoms with E-state index in [-0.39, 0.29) is 5.96 Å². The Labute approximate surface area is 125 Å². The summed E-state index contributed by atoms with van der Waals surface area (Å²) in [6.45, 7) is -0.840. The Balaban J connectivity index is 5.32. The van der Waals surface area contributed by atoms with Crippen molar-refractivity contribution in [1.29, 1.82) is 0 Å². The lowest BCUT2D eigenvalue weighted by Crippen LogP contribution is -2.49. The van der Waals surface area contributed by atoms with Crippen LogP contribution in [0.25, 0.3) is 0 Å². The lowest BCUT2D eigenvalue weighted by atomic mass is 10.0. The molecule has 13 heteroatoms. The Hall–Kier alpha value is -2.32. The fourth-order valence-electron chi connectivity index (χ4n) is 1.13. The van der Waals surface area contributed by atoms with Gasteiger partial charge in [-0.15, -0.1) is 15.3 Å². The zero-order valence-corrected chi connectivity index (χ0v) is 11.4. The summed E-state index contributed by atoms with van der Waals surface area (Å²) in [5.74, 6) is -0.839. The molecule has 0 unspecified atom stereocenters. The Morgan fingerprint density at radius 3 is 1.86 bits per heavy atom. The van der Waals surface area contributed by atoms with Gasteiger partial charge in [-0.25, -0.2) is 0 Å². The van der Waals surface area contributed by atoms with Crippen LogP contribution in [-0.2, 0) is 0 Å². The van der Waals surface area contributed by atoms with E-state index in [4.69, 9.17) is 28.0 Å². The van der Waals surface area contributed by atoms with Crippen LogP contribution in [-0.4, -0.2) is 80.4 Å². The van der Waals surface area contributed by atoms with E-state index in [1.807, 2.05) is 0 Å². The van der Waals surface area contributed by atoms with Gasteiger partial charge in [-0.2, -0.15) is 5.10 Å². The van der Waals surface area contributed by atoms with E-state index in [0.717, 1.165) is 6.21 Å².